The topological polar surface area (TPSA) is 65.4 Å². The van der Waals surface area contributed by atoms with Gasteiger partial charge in [0, 0.05) is 5.41 Å². The van der Waals surface area contributed by atoms with Gasteiger partial charge >= 0.3 is 0 Å². The Balaban J connectivity index is 1.80. The second-order valence-electron chi connectivity index (χ2n) is 8.88. The summed E-state index contributed by atoms with van der Waals surface area (Å²) in [6.07, 6.45) is 2.64. The lowest BCUT2D eigenvalue weighted by atomic mass is 9.95. The first-order chi connectivity index (χ1) is 15.2. The van der Waals surface area contributed by atoms with Crippen molar-refractivity contribution in [1.29, 1.82) is 0 Å². The monoisotopic (exact) mass is 435 g/mol. The van der Waals surface area contributed by atoms with Crippen molar-refractivity contribution in [2.45, 2.75) is 46.7 Å². The second kappa shape index (κ2) is 9.90. The highest BCUT2D eigenvalue weighted by Crippen LogP contribution is 2.29. The van der Waals surface area contributed by atoms with Crippen molar-refractivity contribution in [3.05, 3.63) is 66.5 Å². The van der Waals surface area contributed by atoms with Gasteiger partial charge in [0.1, 0.15) is 12.4 Å². The third-order valence-corrected chi connectivity index (χ3v) is 5.28. The minimum absolute atomic E-state index is 0.00999. The lowest BCUT2D eigenvalue weighted by Crippen LogP contribution is -2.37. The first-order valence-corrected chi connectivity index (χ1v) is 10.9. The molecular weight excluding hydrogens is 402 g/mol. The fourth-order valence-electron chi connectivity index (χ4n) is 3.51. The van der Waals surface area contributed by atoms with E-state index in [2.05, 4.69) is 16.5 Å². The summed E-state index contributed by atoms with van der Waals surface area (Å²) in [6.45, 7) is 12.5. The average molecular weight is 436 g/mol. The van der Waals surface area contributed by atoms with Crippen LogP contribution in [0.1, 0.15) is 45.1 Å². The van der Waals surface area contributed by atoms with E-state index >= 15 is 0 Å². The molecule has 0 radical (unpaired) electrons. The number of ether oxygens (including phenoxy) is 2. The summed E-state index contributed by atoms with van der Waals surface area (Å²) in [7, 11) is 1.64. The van der Waals surface area contributed by atoms with Gasteiger partial charge in [0.2, 0.25) is 5.91 Å². The van der Waals surface area contributed by atoms with E-state index in [0.29, 0.717) is 24.7 Å². The number of rotatable bonds is 9. The second-order valence-corrected chi connectivity index (χ2v) is 8.88. The van der Waals surface area contributed by atoms with Crippen molar-refractivity contribution >= 4 is 16.9 Å². The minimum atomic E-state index is -0.470. The van der Waals surface area contributed by atoms with Crippen molar-refractivity contribution in [2.24, 2.45) is 5.41 Å². The Morgan fingerprint density at radius 3 is 2.66 bits per heavy atom. The fourth-order valence-corrected chi connectivity index (χ4v) is 3.51. The van der Waals surface area contributed by atoms with Crippen LogP contribution in [0.2, 0.25) is 0 Å². The number of carbonyl (C=O) groups excluding carboxylic acids is 1. The van der Waals surface area contributed by atoms with Crippen LogP contribution in [0.4, 0.5) is 0 Å². The van der Waals surface area contributed by atoms with E-state index in [1.807, 2.05) is 76.2 Å². The molecule has 0 fully saturated rings. The molecule has 0 aliphatic rings. The van der Waals surface area contributed by atoms with Gasteiger partial charge in [0.25, 0.3) is 0 Å². The summed E-state index contributed by atoms with van der Waals surface area (Å²) in [4.78, 5) is 17.3. The third-order valence-electron chi connectivity index (χ3n) is 5.28. The van der Waals surface area contributed by atoms with Crippen molar-refractivity contribution in [2.75, 3.05) is 13.7 Å². The summed E-state index contributed by atoms with van der Waals surface area (Å²) in [5, 5.41) is 3.09. The number of benzene rings is 2. The molecule has 1 N–H and O–H groups in total. The number of hydrogen-bond donors (Lipinski definition) is 1. The standard InChI is InChI=1S/C26H33N3O3/c1-7-10-19-13-14-22(23(17-19)31-6)32-16-15-29-21-12-9-8-11-20(21)28-24(29)18(2)27-25(30)26(3,4)5/h7-9,11-14,17-18H,1,10,15-16H2,2-6H3,(H,27,30). The maximum absolute atomic E-state index is 12.5. The van der Waals surface area contributed by atoms with E-state index in [-0.39, 0.29) is 11.9 Å². The summed E-state index contributed by atoms with van der Waals surface area (Å²) >= 11 is 0. The number of fused-ring (bicyclic) bond motifs is 1. The molecule has 0 saturated carbocycles. The van der Waals surface area contributed by atoms with E-state index in [9.17, 15) is 4.79 Å². The van der Waals surface area contributed by atoms with Gasteiger partial charge in [-0.3, -0.25) is 4.79 Å². The van der Waals surface area contributed by atoms with Gasteiger partial charge in [-0.1, -0.05) is 45.0 Å². The quantitative estimate of drug-likeness (QED) is 0.476. The smallest absolute Gasteiger partial charge is 0.225 e. The highest BCUT2D eigenvalue weighted by molar-refractivity contribution is 5.82. The number of methoxy groups -OCH3 is 1. The number of aromatic nitrogens is 2. The van der Waals surface area contributed by atoms with Crippen LogP contribution >= 0.6 is 0 Å². The van der Waals surface area contributed by atoms with Crippen molar-refractivity contribution in [3.63, 3.8) is 0 Å². The normalized spacial score (nSPS) is 12.4. The minimum Gasteiger partial charge on any atom is -0.493 e. The van der Waals surface area contributed by atoms with Crippen LogP contribution in [0.5, 0.6) is 11.5 Å². The van der Waals surface area contributed by atoms with Gasteiger partial charge < -0.3 is 19.4 Å². The Kier molecular flexibility index (Phi) is 7.23. The Morgan fingerprint density at radius 1 is 1.22 bits per heavy atom. The Labute approximate surface area is 190 Å². The van der Waals surface area contributed by atoms with E-state index in [4.69, 9.17) is 14.5 Å². The molecule has 3 aromatic rings. The largest absolute Gasteiger partial charge is 0.493 e. The van der Waals surface area contributed by atoms with E-state index in [1.165, 1.54) is 0 Å². The zero-order valence-electron chi connectivity index (χ0n) is 19.6. The van der Waals surface area contributed by atoms with E-state index in [0.717, 1.165) is 28.8 Å². The zero-order valence-corrected chi connectivity index (χ0v) is 19.6. The van der Waals surface area contributed by atoms with Gasteiger partial charge in [0.05, 0.1) is 30.7 Å². The van der Waals surface area contributed by atoms with Crippen LogP contribution in [-0.4, -0.2) is 29.2 Å². The molecular formula is C26H33N3O3. The number of nitrogens with one attached hydrogen (secondary N) is 1. The zero-order chi connectivity index (χ0) is 23.3. The molecule has 170 valence electrons. The number of nitrogens with zero attached hydrogens (tertiary/aromatic N) is 2. The molecule has 0 bridgehead atoms. The van der Waals surface area contributed by atoms with Crippen LogP contribution in [0.15, 0.2) is 55.1 Å². The highest BCUT2D eigenvalue weighted by Gasteiger charge is 2.25. The number of imidazole rings is 1. The molecule has 2 aromatic carbocycles. The first-order valence-electron chi connectivity index (χ1n) is 10.9. The van der Waals surface area contributed by atoms with Crippen LogP contribution < -0.4 is 14.8 Å². The summed E-state index contributed by atoms with van der Waals surface area (Å²) in [6, 6.07) is 13.7. The van der Waals surface area contributed by atoms with Gasteiger partial charge in [-0.2, -0.15) is 0 Å². The number of hydrogen-bond acceptors (Lipinski definition) is 4. The summed E-state index contributed by atoms with van der Waals surface area (Å²) in [5.41, 5.74) is 2.56. The SMILES string of the molecule is C=CCc1ccc(OCCn2c(C(C)NC(=O)C(C)(C)C)nc3ccccc32)c(OC)c1. The predicted molar refractivity (Wildman–Crippen MR) is 128 cm³/mol. The molecule has 3 rings (SSSR count). The molecule has 1 amide bonds. The molecule has 0 spiro atoms. The van der Waals surface area contributed by atoms with Gasteiger partial charge in [-0.15, -0.1) is 6.58 Å². The van der Waals surface area contributed by atoms with Crippen molar-refractivity contribution in [3.8, 4) is 11.5 Å². The van der Waals surface area contributed by atoms with E-state index in [1.54, 1.807) is 7.11 Å². The van der Waals surface area contributed by atoms with Crippen molar-refractivity contribution < 1.29 is 14.3 Å². The van der Waals surface area contributed by atoms with Crippen LogP contribution in [0.3, 0.4) is 0 Å². The van der Waals surface area contributed by atoms with Crippen LogP contribution in [0, 0.1) is 5.41 Å². The average Bonchev–Trinajstić information content (AvgIpc) is 3.13. The number of amides is 1. The molecule has 1 aromatic heterocycles. The van der Waals surface area contributed by atoms with Crippen LogP contribution in [0.25, 0.3) is 11.0 Å². The van der Waals surface area contributed by atoms with Gasteiger partial charge in [0.15, 0.2) is 11.5 Å². The molecule has 0 saturated heterocycles. The predicted octanol–water partition coefficient (Wildman–Crippen LogP) is 5.08. The molecule has 1 unspecified atom stereocenters. The molecule has 6 nitrogen and oxygen atoms in total. The molecule has 0 aliphatic carbocycles. The lowest BCUT2D eigenvalue weighted by molar-refractivity contribution is -0.129. The fraction of sp³-hybridized carbons (Fsp3) is 0.385. The Bertz CT molecular complexity index is 1100. The van der Waals surface area contributed by atoms with E-state index < -0.39 is 5.41 Å². The first kappa shape index (κ1) is 23.4. The number of para-hydroxylation sites is 2. The molecule has 6 heteroatoms. The summed E-state index contributed by atoms with van der Waals surface area (Å²) < 4.78 is 13.7. The van der Waals surface area contributed by atoms with Crippen molar-refractivity contribution in [1.82, 2.24) is 14.9 Å². The maximum Gasteiger partial charge on any atom is 0.225 e. The van der Waals surface area contributed by atoms with Gasteiger partial charge in [-0.25, -0.2) is 4.98 Å². The number of allylic oxidation sites excluding steroid dienone is 1. The number of carbonyl (C=O) groups is 1. The Hall–Kier alpha value is -3.28. The van der Waals surface area contributed by atoms with Gasteiger partial charge in [-0.05, 0) is 43.2 Å². The maximum atomic E-state index is 12.5. The van der Waals surface area contributed by atoms with Crippen LogP contribution in [-0.2, 0) is 17.8 Å². The Morgan fingerprint density at radius 2 is 1.97 bits per heavy atom. The molecule has 32 heavy (non-hydrogen) atoms. The molecule has 1 atom stereocenters. The highest BCUT2D eigenvalue weighted by atomic mass is 16.5. The molecule has 0 aliphatic heterocycles. The lowest BCUT2D eigenvalue weighted by Gasteiger charge is -2.22. The third kappa shape index (κ3) is 5.31. The summed E-state index contributed by atoms with van der Waals surface area (Å²) in [5.74, 6) is 2.19. The molecule has 1 heterocycles.